The van der Waals surface area contributed by atoms with Gasteiger partial charge in [-0.2, -0.15) is 5.10 Å². The molecule has 0 aliphatic carbocycles. The number of ether oxygens (including phenoxy) is 1. The van der Waals surface area contributed by atoms with Gasteiger partial charge in [0, 0.05) is 49.9 Å². The summed E-state index contributed by atoms with van der Waals surface area (Å²) in [5.41, 5.74) is 1.15. The van der Waals surface area contributed by atoms with Crippen LogP contribution in [-0.2, 0) is 18.3 Å². The zero-order valence-electron chi connectivity index (χ0n) is 12.9. The minimum absolute atomic E-state index is 0.0813. The maximum Gasteiger partial charge on any atom is 0.122 e. The second-order valence-electron chi connectivity index (χ2n) is 5.87. The molecule has 2 atom stereocenters. The Kier molecular flexibility index (Phi) is 4.07. The summed E-state index contributed by atoms with van der Waals surface area (Å²) in [6.07, 6.45) is 8.90. The minimum Gasteiger partial charge on any atom is -0.372 e. The predicted molar refractivity (Wildman–Crippen MR) is 79.8 cm³/mol. The summed E-state index contributed by atoms with van der Waals surface area (Å²) in [4.78, 5) is 4.35. The highest BCUT2D eigenvalue weighted by molar-refractivity contribution is 5.13. The Morgan fingerprint density at radius 1 is 1.48 bits per heavy atom. The fourth-order valence-corrected chi connectivity index (χ4v) is 2.70. The van der Waals surface area contributed by atoms with Crippen molar-refractivity contribution in [3.63, 3.8) is 0 Å². The fraction of sp³-hybridized carbons (Fsp3) is 0.600. The number of imidazole rings is 1. The van der Waals surface area contributed by atoms with Gasteiger partial charge in [0.2, 0.25) is 0 Å². The summed E-state index contributed by atoms with van der Waals surface area (Å²) >= 11 is 0. The van der Waals surface area contributed by atoms with Crippen LogP contribution in [0, 0.1) is 0 Å². The van der Waals surface area contributed by atoms with Crippen molar-refractivity contribution in [3.8, 4) is 0 Å². The monoisotopic (exact) mass is 289 g/mol. The van der Waals surface area contributed by atoms with Crippen LogP contribution in [0.25, 0.3) is 0 Å². The molecular weight excluding hydrogens is 266 g/mol. The molecule has 0 amide bonds. The number of hydrogen-bond acceptors (Lipinski definition) is 4. The molecule has 3 heterocycles. The first-order valence-electron chi connectivity index (χ1n) is 7.50. The van der Waals surface area contributed by atoms with Gasteiger partial charge in [-0.05, 0) is 20.3 Å². The third-order valence-electron chi connectivity index (χ3n) is 4.01. The van der Waals surface area contributed by atoms with E-state index in [1.807, 2.05) is 34.9 Å². The number of rotatable bonds is 5. The Bertz CT molecular complexity index is 588. The largest absolute Gasteiger partial charge is 0.372 e. The zero-order valence-corrected chi connectivity index (χ0v) is 12.9. The number of nitrogens with zero attached hydrogens (tertiary/aromatic N) is 4. The van der Waals surface area contributed by atoms with Crippen molar-refractivity contribution < 1.29 is 4.74 Å². The van der Waals surface area contributed by atoms with E-state index in [-0.39, 0.29) is 6.10 Å². The molecule has 1 N–H and O–H groups in total. The Morgan fingerprint density at radius 2 is 2.33 bits per heavy atom. The van der Waals surface area contributed by atoms with Crippen LogP contribution in [0.4, 0.5) is 0 Å². The van der Waals surface area contributed by atoms with E-state index in [2.05, 4.69) is 35.4 Å². The molecule has 6 nitrogen and oxygen atoms in total. The van der Waals surface area contributed by atoms with Crippen LogP contribution < -0.4 is 5.32 Å². The van der Waals surface area contributed by atoms with E-state index in [1.165, 1.54) is 0 Å². The van der Waals surface area contributed by atoms with Gasteiger partial charge in [-0.3, -0.25) is 4.68 Å². The van der Waals surface area contributed by atoms with Gasteiger partial charge in [0.1, 0.15) is 11.9 Å². The van der Waals surface area contributed by atoms with Crippen LogP contribution >= 0.6 is 0 Å². The van der Waals surface area contributed by atoms with E-state index in [4.69, 9.17) is 4.74 Å². The van der Waals surface area contributed by atoms with Crippen molar-refractivity contribution in [2.24, 2.45) is 7.05 Å². The van der Waals surface area contributed by atoms with Crippen LogP contribution in [-0.4, -0.2) is 32.0 Å². The summed E-state index contributed by atoms with van der Waals surface area (Å²) in [6.45, 7) is 5.80. The highest BCUT2D eigenvalue weighted by atomic mass is 16.5. The quantitative estimate of drug-likeness (QED) is 0.912. The molecule has 6 heteroatoms. The highest BCUT2D eigenvalue weighted by Crippen LogP contribution is 2.29. The van der Waals surface area contributed by atoms with Crippen LogP contribution in [0.3, 0.4) is 0 Å². The molecule has 0 saturated carbocycles. The Hall–Kier alpha value is -1.66. The summed E-state index contributed by atoms with van der Waals surface area (Å²) in [6, 6.07) is 0.686. The minimum atomic E-state index is 0.0813. The second kappa shape index (κ2) is 5.99. The van der Waals surface area contributed by atoms with Gasteiger partial charge in [-0.25, -0.2) is 4.98 Å². The Morgan fingerprint density at radius 3 is 3.00 bits per heavy atom. The number of hydrogen-bond donors (Lipinski definition) is 1. The number of aryl methyl sites for hydroxylation is 1. The SMILES string of the molecule is CC(C)n1cc([C@H]2OCC[C@@H]2NCc2nccn2C)cn1. The van der Waals surface area contributed by atoms with E-state index in [0.29, 0.717) is 12.1 Å². The Balaban J connectivity index is 1.66. The van der Waals surface area contributed by atoms with Crippen molar-refractivity contribution >= 4 is 0 Å². The molecule has 114 valence electrons. The molecule has 0 radical (unpaired) electrons. The van der Waals surface area contributed by atoms with Gasteiger partial charge in [-0.1, -0.05) is 0 Å². The average Bonchev–Trinajstić information content (AvgIpc) is 3.16. The van der Waals surface area contributed by atoms with E-state index in [0.717, 1.165) is 31.0 Å². The van der Waals surface area contributed by atoms with Gasteiger partial charge in [-0.15, -0.1) is 0 Å². The molecule has 1 aliphatic rings. The van der Waals surface area contributed by atoms with Crippen molar-refractivity contribution in [1.29, 1.82) is 0 Å². The first kappa shape index (κ1) is 14.3. The molecule has 3 rings (SSSR count). The summed E-state index contributed by atoms with van der Waals surface area (Å²) in [5.74, 6) is 1.04. The maximum absolute atomic E-state index is 5.90. The van der Waals surface area contributed by atoms with E-state index >= 15 is 0 Å². The molecule has 0 spiro atoms. The lowest BCUT2D eigenvalue weighted by Gasteiger charge is -2.18. The molecule has 2 aromatic heterocycles. The van der Waals surface area contributed by atoms with Crippen LogP contribution in [0.2, 0.25) is 0 Å². The first-order valence-corrected chi connectivity index (χ1v) is 7.50. The van der Waals surface area contributed by atoms with Gasteiger partial charge in [0.15, 0.2) is 0 Å². The molecular formula is C15H23N5O. The smallest absolute Gasteiger partial charge is 0.122 e. The van der Waals surface area contributed by atoms with Crippen LogP contribution in [0.15, 0.2) is 24.8 Å². The lowest BCUT2D eigenvalue weighted by atomic mass is 10.1. The summed E-state index contributed by atoms with van der Waals surface area (Å²) in [7, 11) is 2.01. The number of nitrogens with one attached hydrogen (secondary N) is 1. The Labute approximate surface area is 125 Å². The first-order chi connectivity index (χ1) is 10.1. The second-order valence-corrected chi connectivity index (χ2v) is 5.87. The van der Waals surface area contributed by atoms with Crippen LogP contribution in [0.5, 0.6) is 0 Å². The molecule has 21 heavy (non-hydrogen) atoms. The van der Waals surface area contributed by atoms with Gasteiger partial charge < -0.3 is 14.6 Å². The van der Waals surface area contributed by atoms with E-state index < -0.39 is 0 Å². The molecule has 0 bridgehead atoms. The fourth-order valence-electron chi connectivity index (χ4n) is 2.70. The third kappa shape index (κ3) is 3.01. The molecule has 2 aromatic rings. The molecule has 1 fully saturated rings. The van der Waals surface area contributed by atoms with Gasteiger partial charge in [0.25, 0.3) is 0 Å². The summed E-state index contributed by atoms with van der Waals surface area (Å²) in [5, 5.41) is 7.98. The lowest BCUT2D eigenvalue weighted by molar-refractivity contribution is 0.0982. The third-order valence-corrected chi connectivity index (χ3v) is 4.01. The maximum atomic E-state index is 5.90. The van der Waals surface area contributed by atoms with Crippen molar-refractivity contribution in [2.45, 2.75) is 45.0 Å². The van der Waals surface area contributed by atoms with E-state index in [1.54, 1.807) is 0 Å². The molecule has 1 saturated heterocycles. The predicted octanol–water partition coefficient (Wildman–Crippen LogP) is 1.82. The molecule has 0 aromatic carbocycles. The van der Waals surface area contributed by atoms with Gasteiger partial charge >= 0.3 is 0 Å². The van der Waals surface area contributed by atoms with Crippen molar-refractivity contribution in [3.05, 3.63) is 36.2 Å². The topological polar surface area (TPSA) is 56.9 Å². The van der Waals surface area contributed by atoms with Crippen molar-refractivity contribution in [2.75, 3.05) is 6.61 Å². The summed E-state index contributed by atoms with van der Waals surface area (Å²) < 4.78 is 9.92. The lowest BCUT2D eigenvalue weighted by Crippen LogP contribution is -2.32. The van der Waals surface area contributed by atoms with Crippen LogP contribution in [0.1, 0.15) is 43.8 Å². The van der Waals surface area contributed by atoms with Crippen molar-refractivity contribution in [1.82, 2.24) is 24.6 Å². The normalized spacial score (nSPS) is 22.3. The number of aromatic nitrogens is 4. The molecule has 1 aliphatic heterocycles. The zero-order chi connectivity index (χ0) is 14.8. The molecule has 0 unspecified atom stereocenters. The standard InChI is InChI=1S/C15H23N5O/c1-11(2)20-10-12(8-18-20)15-13(4-7-21-15)17-9-14-16-5-6-19(14)3/h5-6,8,10-11,13,15,17H,4,7,9H2,1-3H3/t13-,15+/m0/s1. The highest BCUT2D eigenvalue weighted by Gasteiger charge is 2.30. The van der Waals surface area contributed by atoms with E-state index in [9.17, 15) is 0 Å². The average molecular weight is 289 g/mol. The van der Waals surface area contributed by atoms with Gasteiger partial charge in [0.05, 0.1) is 12.7 Å².